The van der Waals surface area contributed by atoms with Crippen molar-refractivity contribution in [3.05, 3.63) is 29.6 Å². The van der Waals surface area contributed by atoms with Gasteiger partial charge in [0.2, 0.25) is 0 Å². The molecule has 0 bridgehead atoms. The Kier molecular flexibility index (Phi) is 3.81. The average molecular weight is 233 g/mol. The topological polar surface area (TPSA) is 39.9 Å². The van der Waals surface area contributed by atoms with Crippen LogP contribution >= 0.6 is 11.8 Å². The Morgan fingerprint density at radius 3 is 3.31 bits per heavy atom. The van der Waals surface area contributed by atoms with Crippen LogP contribution < -0.4 is 0 Å². The first kappa shape index (κ1) is 11.4. The summed E-state index contributed by atoms with van der Waals surface area (Å²) in [4.78, 5) is 6.52. The van der Waals surface area contributed by atoms with Gasteiger partial charge in [-0.25, -0.2) is 4.98 Å². The van der Waals surface area contributed by atoms with Crippen LogP contribution in [0.15, 0.2) is 18.3 Å². The Labute approximate surface area is 100 Å². The lowest BCUT2D eigenvalue weighted by atomic mass is 10.1. The maximum absolute atomic E-state index is 8.98. The SMILES string of the molecule is CC1CSCCN1Cc1cccnc1C#N. The zero-order valence-electron chi connectivity index (χ0n) is 9.39. The molecule has 1 unspecified atom stereocenters. The molecule has 1 fully saturated rings. The number of pyridine rings is 1. The van der Waals surface area contributed by atoms with E-state index in [9.17, 15) is 0 Å². The molecule has 2 heterocycles. The maximum atomic E-state index is 8.98. The van der Waals surface area contributed by atoms with E-state index in [0.29, 0.717) is 11.7 Å². The molecule has 2 rings (SSSR count). The second kappa shape index (κ2) is 5.33. The Balaban J connectivity index is 2.11. The molecule has 0 aromatic carbocycles. The highest BCUT2D eigenvalue weighted by atomic mass is 32.2. The van der Waals surface area contributed by atoms with Gasteiger partial charge >= 0.3 is 0 Å². The average Bonchev–Trinajstić information content (AvgIpc) is 2.33. The lowest BCUT2D eigenvalue weighted by Crippen LogP contribution is -2.39. The summed E-state index contributed by atoms with van der Waals surface area (Å²) in [5, 5.41) is 8.98. The molecule has 4 heteroatoms. The highest BCUT2D eigenvalue weighted by molar-refractivity contribution is 7.99. The van der Waals surface area contributed by atoms with Crippen LogP contribution in [-0.4, -0.2) is 34.0 Å². The Morgan fingerprint density at radius 1 is 1.69 bits per heavy atom. The number of rotatable bonds is 2. The molecule has 1 saturated heterocycles. The molecule has 1 aromatic heterocycles. The van der Waals surface area contributed by atoms with E-state index in [-0.39, 0.29) is 0 Å². The van der Waals surface area contributed by atoms with Gasteiger partial charge in [0.25, 0.3) is 0 Å². The zero-order valence-corrected chi connectivity index (χ0v) is 10.2. The fourth-order valence-corrected chi connectivity index (χ4v) is 2.96. The summed E-state index contributed by atoms with van der Waals surface area (Å²) in [6.07, 6.45) is 1.68. The highest BCUT2D eigenvalue weighted by Crippen LogP contribution is 2.19. The minimum Gasteiger partial charge on any atom is -0.295 e. The first-order chi connectivity index (χ1) is 7.81. The molecular formula is C12H15N3S. The van der Waals surface area contributed by atoms with Crippen molar-refractivity contribution in [2.24, 2.45) is 0 Å². The van der Waals surface area contributed by atoms with Gasteiger partial charge in [-0.15, -0.1) is 0 Å². The molecule has 0 aliphatic carbocycles. The number of aromatic nitrogens is 1. The fraction of sp³-hybridized carbons (Fsp3) is 0.500. The Morgan fingerprint density at radius 2 is 2.56 bits per heavy atom. The predicted molar refractivity (Wildman–Crippen MR) is 66.1 cm³/mol. The molecule has 1 aliphatic rings. The number of nitriles is 1. The Bertz CT molecular complexity index is 399. The van der Waals surface area contributed by atoms with Crippen molar-refractivity contribution in [3.63, 3.8) is 0 Å². The van der Waals surface area contributed by atoms with E-state index >= 15 is 0 Å². The van der Waals surface area contributed by atoms with Crippen molar-refractivity contribution in [2.45, 2.75) is 19.5 Å². The summed E-state index contributed by atoms with van der Waals surface area (Å²) in [7, 11) is 0. The van der Waals surface area contributed by atoms with Gasteiger partial charge in [0.15, 0.2) is 0 Å². The normalized spacial score (nSPS) is 21.6. The summed E-state index contributed by atoms with van der Waals surface area (Å²) < 4.78 is 0. The van der Waals surface area contributed by atoms with Crippen molar-refractivity contribution in [2.75, 3.05) is 18.1 Å². The van der Waals surface area contributed by atoms with Crippen molar-refractivity contribution < 1.29 is 0 Å². The summed E-state index contributed by atoms with van der Waals surface area (Å²) in [5.41, 5.74) is 1.61. The van der Waals surface area contributed by atoms with E-state index in [4.69, 9.17) is 5.26 Å². The third-order valence-corrected chi connectivity index (χ3v) is 4.07. The smallest absolute Gasteiger partial charge is 0.144 e. The Hall–Kier alpha value is -1.05. The zero-order chi connectivity index (χ0) is 11.4. The molecular weight excluding hydrogens is 218 g/mol. The van der Waals surface area contributed by atoms with Crippen molar-refractivity contribution >= 4 is 11.8 Å². The minimum atomic E-state index is 0.563. The van der Waals surface area contributed by atoms with Crippen LogP contribution in [-0.2, 0) is 6.54 Å². The largest absolute Gasteiger partial charge is 0.295 e. The maximum Gasteiger partial charge on any atom is 0.144 e. The van der Waals surface area contributed by atoms with Crippen LogP contribution in [0.2, 0.25) is 0 Å². The summed E-state index contributed by atoms with van der Waals surface area (Å²) in [6.45, 7) is 4.19. The van der Waals surface area contributed by atoms with Crippen LogP contribution in [0.5, 0.6) is 0 Å². The third kappa shape index (κ3) is 2.55. The lowest BCUT2D eigenvalue weighted by Gasteiger charge is -2.32. The second-order valence-electron chi connectivity index (χ2n) is 4.02. The van der Waals surface area contributed by atoms with Gasteiger partial charge in [-0.05, 0) is 13.0 Å². The van der Waals surface area contributed by atoms with Crippen LogP contribution in [0.3, 0.4) is 0 Å². The van der Waals surface area contributed by atoms with Crippen LogP contribution in [0.1, 0.15) is 18.2 Å². The first-order valence-corrected chi connectivity index (χ1v) is 6.62. The number of thioether (sulfide) groups is 1. The third-order valence-electron chi connectivity index (χ3n) is 2.88. The van der Waals surface area contributed by atoms with Crippen molar-refractivity contribution in [1.29, 1.82) is 5.26 Å². The second-order valence-corrected chi connectivity index (χ2v) is 5.17. The van der Waals surface area contributed by atoms with Crippen molar-refractivity contribution in [3.8, 4) is 6.07 Å². The molecule has 3 nitrogen and oxygen atoms in total. The van der Waals surface area contributed by atoms with Crippen LogP contribution in [0.4, 0.5) is 0 Å². The fourth-order valence-electron chi connectivity index (χ4n) is 1.88. The lowest BCUT2D eigenvalue weighted by molar-refractivity contribution is 0.223. The quantitative estimate of drug-likeness (QED) is 0.782. The van der Waals surface area contributed by atoms with Gasteiger partial charge in [0, 0.05) is 42.4 Å². The van der Waals surface area contributed by atoms with Crippen molar-refractivity contribution in [1.82, 2.24) is 9.88 Å². The number of nitrogens with zero attached hydrogens (tertiary/aromatic N) is 3. The van der Waals surface area contributed by atoms with Crippen LogP contribution in [0, 0.1) is 11.3 Å². The highest BCUT2D eigenvalue weighted by Gasteiger charge is 2.19. The molecule has 0 amide bonds. The molecule has 0 saturated carbocycles. The predicted octanol–water partition coefficient (Wildman–Crippen LogP) is 1.89. The van der Waals surface area contributed by atoms with E-state index in [1.54, 1.807) is 6.20 Å². The minimum absolute atomic E-state index is 0.563. The van der Waals surface area contributed by atoms with Crippen LogP contribution in [0.25, 0.3) is 0 Å². The molecule has 84 valence electrons. The summed E-state index contributed by atoms with van der Waals surface area (Å²) in [5.74, 6) is 2.37. The van der Waals surface area contributed by atoms with Gasteiger partial charge in [0.1, 0.15) is 11.8 Å². The molecule has 0 N–H and O–H groups in total. The molecule has 0 radical (unpaired) electrons. The van der Waals surface area contributed by atoms with Gasteiger partial charge in [-0.1, -0.05) is 6.07 Å². The standard InChI is InChI=1S/C12H15N3S/c1-10-9-16-6-5-15(10)8-11-3-2-4-14-12(11)7-13/h2-4,10H,5-6,8-9H2,1H3. The van der Waals surface area contributed by atoms with E-state index in [1.807, 2.05) is 23.9 Å². The molecule has 1 atom stereocenters. The van der Waals surface area contributed by atoms with Gasteiger partial charge in [-0.3, -0.25) is 4.90 Å². The molecule has 0 spiro atoms. The monoisotopic (exact) mass is 233 g/mol. The van der Waals surface area contributed by atoms with E-state index in [1.165, 1.54) is 11.5 Å². The summed E-state index contributed by atoms with van der Waals surface area (Å²) in [6, 6.07) is 6.65. The first-order valence-electron chi connectivity index (χ1n) is 5.47. The summed E-state index contributed by atoms with van der Waals surface area (Å²) >= 11 is 2.00. The molecule has 16 heavy (non-hydrogen) atoms. The number of hydrogen-bond donors (Lipinski definition) is 0. The number of hydrogen-bond acceptors (Lipinski definition) is 4. The van der Waals surface area contributed by atoms with E-state index < -0.39 is 0 Å². The van der Waals surface area contributed by atoms with Gasteiger partial charge in [-0.2, -0.15) is 17.0 Å². The molecule has 1 aromatic rings. The molecule has 1 aliphatic heterocycles. The van der Waals surface area contributed by atoms with E-state index in [2.05, 4.69) is 22.9 Å². The van der Waals surface area contributed by atoms with Gasteiger partial charge in [0.05, 0.1) is 0 Å². The van der Waals surface area contributed by atoms with E-state index in [0.717, 1.165) is 18.7 Å². The van der Waals surface area contributed by atoms with Gasteiger partial charge < -0.3 is 0 Å².